The average molecular weight is 369 g/mol. The second kappa shape index (κ2) is 7.99. The minimum absolute atomic E-state index is 0.135. The van der Waals surface area contributed by atoms with Crippen molar-refractivity contribution in [2.75, 3.05) is 12.4 Å². The largest absolute Gasteiger partial charge is 0.497 e. The number of nitrogens with zero attached hydrogens (tertiary/aromatic N) is 1. The van der Waals surface area contributed by atoms with Crippen LogP contribution in [0.1, 0.15) is 17.3 Å². The van der Waals surface area contributed by atoms with Gasteiger partial charge in [0.15, 0.2) is 11.9 Å². The van der Waals surface area contributed by atoms with E-state index in [0.717, 1.165) is 0 Å². The first-order valence-electron chi connectivity index (χ1n) is 6.87. The molecule has 1 heterocycles. The number of amides is 1. The van der Waals surface area contributed by atoms with Crippen LogP contribution in [0.2, 0.25) is 10.0 Å². The van der Waals surface area contributed by atoms with E-state index in [1.807, 2.05) is 0 Å². The van der Waals surface area contributed by atoms with Crippen LogP contribution in [0.3, 0.4) is 0 Å². The first-order valence-corrected chi connectivity index (χ1v) is 7.63. The smallest absolute Gasteiger partial charge is 0.339 e. The van der Waals surface area contributed by atoms with Gasteiger partial charge in [0.2, 0.25) is 0 Å². The van der Waals surface area contributed by atoms with Gasteiger partial charge in [0, 0.05) is 6.20 Å². The summed E-state index contributed by atoms with van der Waals surface area (Å²) >= 11 is 11.7. The van der Waals surface area contributed by atoms with Crippen molar-refractivity contribution in [1.29, 1.82) is 0 Å². The maximum atomic E-state index is 12.1. The molecule has 0 saturated heterocycles. The topological polar surface area (TPSA) is 77.5 Å². The van der Waals surface area contributed by atoms with Crippen molar-refractivity contribution < 1.29 is 19.1 Å². The Balaban J connectivity index is 2.01. The van der Waals surface area contributed by atoms with Gasteiger partial charge in [-0.25, -0.2) is 9.78 Å². The summed E-state index contributed by atoms with van der Waals surface area (Å²) in [7, 11) is 1.49. The second-order valence-electron chi connectivity index (χ2n) is 4.75. The molecule has 8 heteroatoms. The lowest BCUT2D eigenvalue weighted by Crippen LogP contribution is -2.30. The maximum Gasteiger partial charge on any atom is 0.339 e. The van der Waals surface area contributed by atoms with E-state index >= 15 is 0 Å². The number of methoxy groups -OCH3 is 1. The van der Waals surface area contributed by atoms with Crippen LogP contribution in [-0.4, -0.2) is 30.1 Å². The van der Waals surface area contributed by atoms with Gasteiger partial charge in [-0.3, -0.25) is 4.79 Å². The quantitative estimate of drug-likeness (QED) is 0.816. The average Bonchev–Trinajstić information content (AvgIpc) is 2.57. The molecule has 1 atom stereocenters. The predicted octanol–water partition coefficient (Wildman–Crippen LogP) is 3.58. The van der Waals surface area contributed by atoms with Gasteiger partial charge in [-0.2, -0.15) is 0 Å². The molecule has 2 rings (SSSR count). The molecule has 1 aromatic carbocycles. The Morgan fingerprint density at radius 2 is 2.00 bits per heavy atom. The molecule has 0 bridgehead atoms. The van der Waals surface area contributed by atoms with Gasteiger partial charge < -0.3 is 14.8 Å². The summed E-state index contributed by atoms with van der Waals surface area (Å²) in [6.07, 6.45) is 0.299. The van der Waals surface area contributed by atoms with E-state index in [1.54, 1.807) is 18.2 Å². The van der Waals surface area contributed by atoms with E-state index in [9.17, 15) is 9.59 Å². The lowest BCUT2D eigenvalue weighted by atomic mass is 10.2. The molecule has 1 aromatic heterocycles. The first-order chi connectivity index (χ1) is 11.4. The fraction of sp³-hybridized carbons (Fsp3) is 0.188. The molecule has 1 N–H and O–H groups in total. The van der Waals surface area contributed by atoms with Crippen molar-refractivity contribution >= 4 is 40.9 Å². The van der Waals surface area contributed by atoms with Crippen LogP contribution in [0.15, 0.2) is 36.5 Å². The third kappa shape index (κ3) is 4.59. The van der Waals surface area contributed by atoms with Gasteiger partial charge >= 0.3 is 5.97 Å². The number of rotatable bonds is 5. The summed E-state index contributed by atoms with van der Waals surface area (Å²) in [4.78, 5) is 28.1. The standard InChI is InChI=1S/C16H14Cl2N2O4/c1-9(15(21)20-14-13(18)7-11(17)8-19-14)24-16(22)10-4-3-5-12(6-10)23-2/h3-9H,1-2H3,(H,19,20,21). The van der Waals surface area contributed by atoms with Crippen LogP contribution in [-0.2, 0) is 9.53 Å². The lowest BCUT2D eigenvalue weighted by molar-refractivity contribution is -0.123. The van der Waals surface area contributed by atoms with E-state index in [-0.39, 0.29) is 16.4 Å². The van der Waals surface area contributed by atoms with E-state index in [2.05, 4.69) is 10.3 Å². The molecule has 1 amide bonds. The van der Waals surface area contributed by atoms with Crippen molar-refractivity contribution in [3.05, 3.63) is 52.1 Å². The van der Waals surface area contributed by atoms with Crippen LogP contribution in [0.4, 0.5) is 5.82 Å². The number of anilines is 1. The van der Waals surface area contributed by atoms with Crippen LogP contribution in [0.5, 0.6) is 5.75 Å². The van der Waals surface area contributed by atoms with E-state index in [0.29, 0.717) is 10.8 Å². The number of hydrogen-bond donors (Lipinski definition) is 1. The highest BCUT2D eigenvalue weighted by atomic mass is 35.5. The van der Waals surface area contributed by atoms with E-state index in [1.165, 1.54) is 32.4 Å². The minimum atomic E-state index is -1.04. The Labute approximate surface area is 148 Å². The predicted molar refractivity (Wildman–Crippen MR) is 90.8 cm³/mol. The molecule has 0 aliphatic carbocycles. The van der Waals surface area contributed by atoms with Crippen LogP contribution in [0, 0.1) is 0 Å². The highest BCUT2D eigenvalue weighted by Crippen LogP contribution is 2.22. The van der Waals surface area contributed by atoms with Crippen molar-refractivity contribution in [3.63, 3.8) is 0 Å². The normalized spacial score (nSPS) is 11.5. The van der Waals surface area contributed by atoms with Gasteiger partial charge in [0.05, 0.1) is 22.7 Å². The molecule has 0 saturated carbocycles. The number of esters is 1. The molecular formula is C16H14Cl2N2O4. The molecule has 24 heavy (non-hydrogen) atoms. The number of nitrogens with one attached hydrogen (secondary N) is 1. The molecule has 0 aliphatic heterocycles. The molecule has 0 radical (unpaired) electrons. The van der Waals surface area contributed by atoms with Gasteiger partial charge in [0.1, 0.15) is 5.75 Å². The molecule has 0 fully saturated rings. The zero-order valence-electron chi connectivity index (χ0n) is 12.9. The van der Waals surface area contributed by atoms with Crippen molar-refractivity contribution in [2.45, 2.75) is 13.0 Å². The number of carbonyl (C=O) groups is 2. The van der Waals surface area contributed by atoms with Crippen molar-refractivity contribution in [1.82, 2.24) is 4.98 Å². The number of hydrogen-bond acceptors (Lipinski definition) is 5. The Morgan fingerprint density at radius 1 is 1.25 bits per heavy atom. The Kier molecular flexibility index (Phi) is 6.00. The number of halogens is 2. The second-order valence-corrected chi connectivity index (χ2v) is 5.60. The number of pyridine rings is 1. The molecule has 0 spiro atoms. The Bertz CT molecular complexity index is 767. The summed E-state index contributed by atoms with van der Waals surface area (Å²) < 4.78 is 10.2. The lowest BCUT2D eigenvalue weighted by Gasteiger charge is -2.14. The molecule has 1 unspecified atom stereocenters. The third-order valence-corrected chi connectivity index (χ3v) is 3.50. The van der Waals surface area contributed by atoms with E-state index < -0.39 is 18.0 Å². The van der Waals surface area contributed by atoms with Crippen LogP contribution >= 0.6 is 23.2 Å². The number of ether oxygens (including phenoxy) is 2. The highest BCUT2D eigenvalue weighted by molar-refractivity contribution is 6.36. The molecule has 0 aliphatic rings. The summed E-state index contributed by atoms with van der Waals surface area (Å²) in [6.45, 7) is 1.44. The maximum absolute atomic E-state index is 12.1. The number of aromatic nitrogens is 1. The van der Waals surface area contributed by atoms with Crippen LogP contribution < -0.4 is 10.1 Å². The van der Waals surface area contributed by atoms with Crippen molar-refractivity contribution in [3.8, 4) is 5.75 Å². The van der Waals surface area contributed by atoms with Gasteiger partial charge in [-0.1, -0.05) is 29.3 Å². The minimum Gasteiger partial charge on any atom is -0.497 e. The third-order valence-electron chi connectivity index (χ3n) is 3.01. The summed E-state index contributed by atoms with van der Waals surface area (Å²) in [5.74, 6) is -0.566. The highest BCUT2D eigenvalue weighted by Gasteiger charge is 2.20. The van der Waals surface area contributed by atoms with Gasteiger partial charge in [0.25, 0.3) is 5.91 Å². The first kappa shape index (κ1) is 18.0. The van der Waals surface area contributed by atoms with Gasteiger partial charge in [-0.05, 0) is 31.2 Å². The van der Waals surface area contributed by atoms with Crippen LogP contribution in [0.25, 0.3) is 0 Å². The van der Waals surface area contributed by atoms with Crippen molar-refractivity contribution in [2.24, 2.45) is 0 Å². The number of benzene rings is 1. The molecular weight excluding hydrogens is 355 g/mol. The zero-order valence-corrected chi connectivity index (χ0v) is 14.4. The van der Waals surface area contributed by atoms with E-state index in [4.69, 9.17) is 32.7 Å². The summed E-state index contributed by atoms with van der Waals surface area (Å²) in [5.41, 5.74) is 0.275. The Morgan fingerprint density at radius 3 is 2.67 bits per heavy atom. The summed E-state index contributed by atoms with van der Waals surface area (Å²) in [5, 5.41) is 3.00. The van der Waals surface area contributed by atoms with Gasteiger partial charge in [-0.15, -0.1) is 0 Å². The monoisotopic (exact) mass is 368 g/mol. The SMILES string of the molecule is COc1cccc(C(=O)OC(C)C(=O)Nc2ncc(Cl)cc2Cl)c1. The molecule has 126 valence electrons. The molecule has 2 aromatic rings. The Hall–Kier alpha value is -2.31. The number of carbonyl (C=O) groups excluding carboxylic acids is 2. The summed E-state index contributed by atoms with van der Waals surface area (Å²) in [6, 6.07) is 7.87. The fourth-order valence-electron chi connectivity index (χ4n) is 1.76. The molecule has 6 nitrogen and oxygen atoms in total. The fourth-order valence-corrected chi connectivity index (χ4v) is 2.18. The zero-order chi connectivity index (χ0) is 17.7.